The Kier molecular flexibility index (Phi) is 9.65. The summed E-state index contributed by atoms with van der Waals surface area (Å²) < 4.78 is 57.2. The fourth-order valence-corrected chi connectivity index (χ4v) is 5.62. The maximum absolute atomic E-state index is 13.2. The van der Waals surface area contributed by atoms with Gasteiger partial charge in [-0.1, -0.05) is 6.07 Å². The molecule has 0 saturated heterocycles. The Morgan fingerprint density at radius 3 is 2.13 bits per heavy atom. The van der Waals surface area contributed by atoms with Gasteiger partial charge in [0.1, 0.15) is 0 Å². The van der Waals surface area contributed by atoms with Gasteiger partial charge in [-0.25, -0.2) is 0 Å². The van der Waals surface area contributed by atoms with Crippen LogP contribution in [0.25, 0.3) is 11.1 Å². The molecule has 1 heterocycles. The van der Waals surface area contributed by atoms with Crippen LogP contribution in [0.5, 0.6) is 28.7 Å². The van der Waals surface area contributed by atoms with E-state index in [1.165, 1.54) is 41.2 Å². The van der Waals surface area contributed by atoms with E-state index in [4.69, 9.17) is 37.5 Å². The third kappa shape index (κ3) is 5.75. The number of ether oxygens (including phenoxy) is 6. The van der Waals surface area contributed by atoms with Gasteiger partial charge in [-0.05, 0) is 51.5 Å². The second-order valence-corrected chi connectivity index (χ2v) is 10.5. The minimum Gasteiger partial charge on any atom is -0.493 e. The smallest absolute Gasteiger partial charge is 0.344 e. The number of hydrogen-bond acceptors (Lipinski definition) is 11. The van der Waals surface area contributed by atoms with E-state index >= 15 is 0 Å². The highest BCUT2D eigenvalue weighted by molar-refractivity contribution is 7.55. The summed E-state index contributed by atoms with van der Waals surface area (Å²) in [5.74, 6) is 0.375. The predicted octanol–water partition coefficient (Wildman–Crippen LogP) is 4.94. The van der Waals surface area contributed by atoms with Gasteiger partial charge in [-0.15, -0.1) is 0 Å². The van der Waals surface area contributed by atoms with Crippen molar-refractivity contribution in [1.29, 1.82) is 0 Å². The maximum Gasteiger partial charge on any atom is 0.344 e. The fourth-order valence-electron chi connectivity index (χ4n) is 4.06. The molecule has 2 aromatic carbocycles. The number of esters is 1. The molecule has 1 aliphatic heterocycles. The van der Waals surface area contributed by atoms with Gasteiger partial charge < -0.3 is 37.5 Å². The van der Waals surface area contributed by atoms with Crippen LogP contribution in [0.1, 0.15) is 39.4 Å². The van der Waals surface area contributed by atoms with Crippen LogP contribution in [-0.2, 0) is 27.9 Å². The zero-order valence-corrected chi connectivity index (χ0v) is 23.4. The average Bonchev–Trinajstić information content (AvgIpc) is 3.37. The van der Waals surface area contributed by atoms with Crippen LogP contribution in [0.2, 0.25) is 0 Å². The highest BCUT2D eigenvalue weighted by atomic mass is 31.2. The second-order valence-electron chi connectivity index (χ2n) is 8.16. The Morgan fingerprint density at radius 2 is 1.58 bits per heavy atom. The number of methoxy groups -OCH3 is 3. The third-order valence-electron chi connectivity index (χ3n) is 5.84. The zero-order chi connectivity index (χ0) is 28.0. The van der Waals surface area contributed by atoms with Gasteiger partial charge in [0.15, 0.2) is 40.5 Å². The van der Waals surface area contributed by atoms with E-state index in [0.717, 1.165) is 0 Å². The van der Waals surface area contributed by atoms with Crippen molar-refractivity contribution in [1.82, 2.24) is 0 Å². The van der Waals surface area contributed by atoms with Crippen LogP contribution in [0.4, 0.5) is 0 Å². The molecule has 0 N–H and O–H groups in total. The lowest BCUT2D eigenvalue weighted by molar-refractivity contribution is -0.154. The monoisotopic (exact) mass is 552 g/mol. The van der Waals surface area contributed by atoms with Crippen molar-refractivity contribution < 1.29 is 51.6 Å². The van der Waals surface area contributed by atoms with Crippen LogP contribution in [0.15, 0.2) is 24.3 Å². The normalized spacial score (nSPS) is 14.0. The molecule has 38 heavy (non-hydrogen) atoms. The van der Waals surface area contributed by atoms with Crippen LogP contribution in [-0.4, -0.2) is 58.7 Å². The van der Waals surface area contributed by atoms with E-state index < -0.39 is 31.1 Å². The summed E-state index contributed by atoms with van der Waals surface area (Å²) in [5.41, 5.74) is -0.0528. The molecular formula is C26H33O11P. The standard InChI is InChI=1S/C26H33O11P/c1-8-35-38(29,36-9-2)16(4)26(28)37-23(15(3)27)18-13-21(30-5)24(31-6)25(32-7)22(18)17-10-11-19-20(12-17)34-14-33-19/h10-13,16,23H,8-9,14H2,1-7H3/t16?,23-/m0/s1. The van der Waals surface area contributed by atoms with Crippen molar-refractivity contribution in [2.75, 3.05) is 41.3 Å². The lowest BCUT2D eigenvalue weighted by Crippen LogP contribution is -2.27. The van der Waals surface area contributed by atoms with E-state index in [9.17, 15) is 14.2 Å². The number of carbonyl (C=O) groups is 2. The van der Waals surface area contributed by atoms with E-state index in [0.29, 0.717) is 22.6 Å². The summed E-state index contributed by atoms with van der Waals surface area (Å²) in [6.07, 6.45) is -1.42. The number of benzene rings is 2. The van der Waals surface area contributed by atoms with Gasteiger partial charge >= 0.3 is 13.6 Å². The zero-order valence-electron chi connectivity index (χ0n) is 22.5. The summed E-state index contributed by atoms with van der Waals surface area (Å²) in [6.45, 7) is 6.11. The van der Waals surface area contributed by atoms with Gasteiger partial charge in [0.25, 0.3) is 0 Å². The van der Waals surface area contributed by atoms with Gasteiger partial charge in [0.2, 0.25) is 12.5 Å². The lowest BCUT2D eigenvalue weighted by Gasteiger charge is -2.26. The van der Waals surface area contributed by atoms with E-state index in [2.05, 4.69) is 0 Å². The topological polar surface area (TPSA) is 125 Å². The minimum atomic E-state index is -3.85. The molecule has 0 fully saturated rings. The lowest BCUT2D eigenvalue weighted by atomic mass is 9.92. The molecule has 2 atom stereocenters. The molecule has 11 nitrogen and oxygen atoms in total. The van der Waals surface area contributed by atoms with Gasteiger partial charge in [0.05, 0.1) is 34.5 Å². The Labute approximate surface area is 221 Å². The number of carbonyl (C=O) groups excluding carboxylic acids is 2. The number of rotatable bonds is 13. The minimum absolute atomic E-state index is 0.0617. The Morgan fingerprint density at radius 1 is 0.947 bits per heavy atom. The van der Waals surface area contributed by atoms with Crippen LogP contribution >= 0.6 is 7.60 Å². The SMILES string of the molecule is CCOP(=O)(OCC)C(C)C(=O)O[C@@H](C(C)=O)c1cc(OC)c(OC)c(OC)c1-c1ccc2c(c1)OCO2. The van der Waals surface area contributed by atoms with Gasteiger partial charge in [0, 0.05) is 11.1 Å². The first-order chi connectivity index (χ1) is 18.1. The number of ketones is 1. The van der Waals surface area contributed by atoms with Crippen molar-refractivity contribution in [2.45, 2.75) is 39.5 Å². The van der Waals surface area contributed by atoms with Crippen molar-refractivity contribution in [3.63, 3.8) is 0 Å². The number of fused-ring (bicyclic) bond motifs is 1. The number of Topliss-reactive ketones (excluding diaryl/α,β-unsaturated/α-hetero) is 1. The molecule has 0 radical (unpaired) electrons. The summed E-state index contributed by atoms with van der Waals surface area (Å²) in [7, 11) is 0.467. The van der Waals surface area contributed by atoms with Crippen LogP contribution in [0.3, 0.4) is 0 Å². The third-order valence-corrected chi connectivity index (χ3v) is 8.24. The first-order valence-electron chi connectivity index (χ1n) is 12.0. The Bertz CT molecular complexity index is 1220. The van der Waals surface area contributed by atoms with Crippen molar-refractivity contribution in [3.05, 3.63) is 29.8 Å². The van der Waals surface area contributed by atoms with Crippen molar-refractivity contribution in [2.24, 2.45) is 0 Å². The Balaban J connectivity index is 2.18. The summed E-state index contributed by atoms with van der Waals surface area (Å²) in [4.78, 5) is 26.2. The number of hydrogen-bond donors (Lipinski definition) is 0. The first kappa shape index (κ1) is 29.3. The molecular weight excluding hydrogens is 519 g/mol. The molecule has 0 bridgehead atoms. The molecule has 0 aliphatic carbocycles. The molecule has 0 spiro atoms. The fraction of sp³-hybridized carbons (Fsp3) is 0.462. The molecule has 3 rings (SSSR count). The molecule has 208 valence electrons. The Hall–Kier alpha value is -3.27. The van der Waals surface area contributed by atoms with Crippen LogP contribution in [0, 0.1) is 0 Å². The maximum atomic E-state index is 13.2. The highest BCUT2D eigenvalue weighted by Crippen LogP contribution is 2.54. The average molecular weight is 553 g/mol. The van der Waals surface area contributed by atoms with E-state index in [1.54, 1.807) is 32.0 Å². The molecule has 0 aromatic heterocycles. The van der Waals surface area contributed by atoms with Crippen molar-refractivity contribution in [3.8, 4) is 39.9 Å². The summed E-state index contributed by atoms with van der Waals surface area (Å²) in [5, 5.41) is 0. The highest BCUT2D eigenvalue weighted by Gasteiger charge is 2.41. The molecule has 2 aromatic rings. The molecule has 0 saturated carbocycles. The summed E-state index contributed by atoms with van der Waals surface area (Å²) in [6, 6.07) is 6.72. The predicted molar refractivity (Wildman–Crippen MR) is 137 cm³/mol. The van der Waals surface area contributed by atoms with E-state index in [-0.39, 0.29) is 42.8 Å². The molecule has 1 unspecified atom stereocenters. The largest absolute Gasteiger partial charge is 0.493 e. The second kappa shape index (κ2) is 12.5. The first-order valence-corrected chi connectivity index (χ1v) is 13.6. The van der Waals surface area contributed by atoms with Crippen LogP contribution < -0.4 is 23.7 Å². The summed E-state index contributed by atoms with van der Waals surface area (Å²) >= 11 is 0. The molecule has 12 heteroatoms. The quantitative estimate of drug-likeness (QED) is 0.248. The molecule has 0 amide bonds. The molecule has 1 aliphatic rings. The van der Waals surface area contributed by atoms with Gasteiger partial charge in [-0.2, -0.15) is 0 Å². The van der Waals surface area contributed by atoms with Crippen molar-refractivity contribution >= 4 is 19.3 Å². The van der Waals surface area contributed by atoms with E-state index in [1.807, 2.05) is 0 Å². The van der Waals surface area contributed by atoms with Gasteiger partial charge in [-0.3, -0.25) is 14.2 Å².